The Morgan fingerprint density at radius 2 is 1.74 bits per heavy atom. The number of aromatic nitrogens is 4. The molecular formula is C26H32N6O3. The standard InChI is InChI=1S/C26H32N6O3/c1-2-10-35-24(3-1)32-21(5-7-28-32)26-25-20(4-6-27-26)22(31-14-18-16-34-17-19(18)15-31)13-23(29-25)30-8-11-33-12-9-30/h4-7,13,18-19,24H,1-3,8-12,14-17H2. The van der Waals surface area contributed by atoms with Crippen LogP contribution < -0.4 is 9.80 Å². The summed E-state index contributed by atoms with van der Waals surface area (Å²) in [6.45, 7) is 7.72. The summed E-state index contributed by atoms with van der Waals surface area (Å²) in [6, 6.07) is 6.44. The van der Waals surface area contributed by atoms with Gasteiger partial charge in [-0.1, -0.05) is 0 Å². The van der Waals surface area contributed by atoms with Gasteiger partial charge in [-0.15, -0.1) is 0 Å². The molecule has 35 heavy (non-hydrogen) atoms. The van der Waals surface area contributed by atoms with Crippen LogP contribution in [0.25, 0.3) is 22.3 Å². The molecule has 7 heterocycles. The highest BCUT2D eigenvalue weighted by Gasteiger charge is 2.38. The summed E-state index contributed by atoms with van der Waals surface area (Å²) >= 11 is 0. The molecular weight excluding hydrogens is 444 g/mol. The fourth-order valence-corrected chi connectivity index (χ4v) is 6.06. The highest BCUT2D eigenvalue weighted by Crippen LogP contribution is 2.40. The largest absolute Gasteiger partial charge is 0.381 e. The van der Waals surface area contributed by atoms with Crippen LogP contribution in [0.3, 0.4) is 0 Å². The highest BCUT2D eigenvalue weighted by atomic mass is 16.5. The third-order valence-electron chi connectivity index (χ3n) is 7.95. The van der Waals surface area contributed by atoms with Gasteiger partial charge in [0.2, 0.25) is 0 Å². The summed E-state index contributed by atoms with van der Waals surface area (Å²) in [6.07, 6.45) is 6.94. The lowest BCUT2D eigenvalue weighted by Crippen LogP contribution is -2.37. The second-order valence-electron chi connectivity index (χ2n) is 10.1. The van der Waals surface area contributed by atoms with Gasteiger partial charge in [0.25, 0.3) is 0 Å². The Balaban J connectivity index is 1.36. The summed E-state index contributed by atoms with van der Waals surface area (Å²) in [5.74, 6) is 2.21. The molecule has 3 unspecified atom stereocenters. The molecule has 3 aromatic heterocycles. The number of pyridine rings is 2. The minimum absolute atomic E-state index is 0.0503. The zero-order valence-electron chi connectivity index (χ0n) is 20.0. The molecule has 0 radical (unpaired) electrons. The average Bonchev–Trinajstić information content (AvgIpc) is 3.66. The van der Waals surface area contributed by atoms with Crippen LogP contribution in [0.5, 0.6) is 0 Å². The van der Waals surface area contributed by atoms with Crippen molar-refractivity contribution in [2.45, 2.75) is 25.5 Å². The fourth-order valence-electron chi connectivity index (χ4n) is 6.06. The Morgan fingerprint density at radius 3 is 2.54 bits per heavy atom. The van der Waals surface area contributed by atoms with Gasteiger partial charge in [0, 0.05) is 74.2 Å². The number of ether oxygens (including phenoxy) is 3. The van der Waals surface area contributed by atoms with E-state index in [0.717, 1.165) is 107 Å². The number of hydrogen-bond acceptors (Lipinski definition) is 8. The monoisotopic (exact) mass is 476 g/mol. The molecule has 9 nitrogen and oxygen atoms in total. The van der Waals surface area contributed by atoms with Crippen molar-refractivity contribution in [3.63, 3.8) is 0 Å². The minimum atomic E-state index is -0.0503. The van der Waals surface area contributed by atoms with Gasteiger partial charge >= 0.3 is 0 Å². The number of rotatable bonds is 4. The molecule has 0 saturated carbocycles. The molecule has 4 aliphatic heterocycles. The Bertz CT molecular complexity index is 1190. The Hall–Kier alpha value is -2.75. The van der Waals surface area contributed by atoms with Gasteiger partial charge in [-0.2, -0.15) is 5.10 Å². The third kappa shape index (κ3) is 3.86. The van der Waals surface area contributed by atoms with E-state index in [1.165, 1.54) is 5.69 Å². The fraction of sp³-hybridized carbons (Fsp3) is 0.577. The zero-order valence-corrected chi connectivity index (χ0v) is 20.0. The van der Waals surface area contributed by atoms with E-state index in [2.05, 4.69) is 27.0 Å². The second-order valence-corrected chi connectivity index (χ2v) is 10.1. The topological polar surface area (TPSA) is 77.8 Å². The van der Waals surface area contributed by atoms with Crippen molar-refractivity contribution in [3.05, 3.63) is 30.6 Å². The molecule has 0 N–H and O–H groups in total. The van der Waals surface area contributed by atoms with Crippen molar-refractivity contribution in [1.29, 1.82) is 0 Å². The molecule has 4 fully saturated rings. The minimum Gasteiger partial charge on any atom is -0.381 e. The molecule has 0 aromatic carbocycles. The van der Waals surface area contributed by atoms with Crippen LogP contribution >= 0.6 is 0 Å². The van der Waals surface area contributed by atoms with Gasteiger partial charge in [0.05, 0.1) is 32.1 Å². The quantitative estimate of drug-likeness (QED) is 0.569. The molecule has 4 aliphatic rings. The smallest absolute Gasteiger partial charge is 0.150 e. The highest BCUT2D eigenvalue weighted by molar-refractivity contribution is 6.00. The van der Waals surface area contributed by atoms with Gasteiger partial charge in [0.1, 0.15) is 17.0 Å². The first-order valence-corrected chi connectivity index (χ1v) is 13.0. The van der Waals surface area contributed by atoms with Crippen LogP contribution in [0.15, 0.2) is 30.6 Å². The van der Waals surface area contributed by atoms with Gasteiger partial charge < -0.3 is 24.0 Å². The van der Waals surface area contributed by atoms with Crippen molar-refractivity contribution in [1.82, 2.24) is 19.7 Å². The van der Waals surface area contributed by atoms with Crippen molar-refractivity contribution in [3.8, 4) is 11.4 Å². The summed E-state index contributed by atoms with van der Waals surface area (Å²) in [4.78, 5) is 15.0. The summed E-state index contributed by atoms with van der Waals surface area (Å²) in [7, 11) is 0. The Morgan fingerprint density at radius 1 is 0.886 bits per heavy atom. The summed E-state index contributed by atoms with van der Waals surface area (Å²) in [5.41, 5.74) is 4.01. The SMILES string of the molecule is c1cc2c(N3CC4COCC4C3)cc(N3CCOCC3)nc2c(-c2ccnn2C2CCCCO2)n1. The van der Waals surface area contributed by atoms with E-state index in [-0.39, 0.29) is 6.23 Å². The summed E-state index contributed by atoms with van der Waals surface area (Å²) < 4.78 is 19.4. The first-order chi connectivity index (χ1) is 17.3. The lowest BCUT2D eigenvalue weighted by Gasteiger charge is -2.30. The van der Waals surface area contributed by atoms with E-state index in [1.54, 1.807) is 0 Å². The van der Waals surface area contributed by atoms with Gasteiger partial charge in [-0.3, -0.25) is 4.98 Å². The molecule has 3 atom stereocenters. The van der Waals surface area contributed by atoms with E-state index in [4.69, 9.17) is 24.2 Å². The molecule has 184 valence electrons. The van der Waals surface area contributed by atoms with Gasteiger partial charge in [-0.25, -0.2) is 9.67 Å². The first-order valence-electron chi connectivity index (χ1n) is 13.0. The molecule has 4 saturated heterocycles. The number of anilines is 2. The molecule has 9 heteroatoms. The second kappa shape index (κ2) is 9.04. The zero-order chi connectivity index (χ0) is 23.2. The maximum Gasteiger partial charge on any atom is 0.150 e. The van der Waals surface area contributed by atoms with Crippen LogP contribution in [0.1, 0.15) is 25.5 Å². The third-order valence-corrected chi connectivity index (χ3v) is 7.95. The van der Waals surface area contributed by atoms with Gasteiger partial charge in [-0.05, 0) is 31.4 Å². The lowest BCUT2D eigenvalue weighted by molar-refractivity contribution is -0.0383. The lowest BCUT2D eigenvalue weighted by atomic mass is 10.0. The number of fused-ring (bicyclic) bond motifs is 2. The maximum absolute atomic E-state index is 6.07. The normalized spacial score (nSPS) is 27.0. The van der Waals surface area contributed by atoms with Crippen LogP contribution in [0.2, 0.25) is 0 Å². The van der Waals surface area contributed by atoms with Crippen molar-refractivity contribution < 1.29 is 14.2 Å². The van der Waals surface area contributed by atoms with E-state index >= 15 is 0 Å². The number of nitrogens with zero attached hydrogens (tertiary/aromatic N) is 6. The molecule has 0 bridgehead atoms. The molecule has 0 amide bonds. The molecule has 3 aromatic rings. The van der Waals surface area contributed by atoms with Gasteiger partial charge in [0.15, 0.2) is 6.23 Å². The van der Waals surface area contributed by atoms with Crippen LogP contribution in [-0.4, -0.2) is 79.0 Å². The predicted molar refractivity (Wildman–Crippen MR) is 133 cm³/mol. The van der Waals surface area contributed by atoms with Crippen molar-refractivity contribution >= 4 is 22.4 Å². The molecule has 0 aliphatic carbocycles. The van der Waals surface area contributed by atoms with Crippen LogP contribution in [-0.2, 0) is 14.2 Å². The molecule has 0 spiro atoms. The van der Waals surface area contributed by atoms with E-state index < -0.39 is 0 Å². The van der Waals surface area contributed by atoms with E-state index in [1.807, 2.05) is 23.1 Å². The average molecular weight is 477 g/mol. The van der Waals surface area contributed by atoms with E-state index in [9.17, 15) is 0 Å². The van der Waals surface area contributed by atoms with Crippen molar-refractivity contribution in [2.24, 2.45) is 11.8 Å². The Kier molecular flexibility index (Phi) is 5.56. The maximum atomic E-state index is 6.07. The van der Waals surface area contributed by atoms with Crippen molar-refractivity contribution in [2.75, 3.05) is 69.0 Å². The van der Waals surface area contributed by atoms with Crippen LogP contribution in [0.4, 0.5) is 11.5 Å². The predicted octanol–water partition coefficient (Wildman–Crippen LogP) is 3.11. The number of morpholine rings is 1. The first kappa shape index (κ1) is 21.5. The summed E-state index contributed by atoms with van der Waals surface area (Å²) in [5, 5.41) is 5.79. The Labute approximate surface area is 205 Å². The molecule has 7 rings (SSSR count). The van der Waals surface area contributed by atoms with E-state index in [0.29, 0.717) is 11.8 Å². The van der Waals surface area contributed by atoms with Crippen LogP contribution in [0, 0.1) is 11.8 Å². The number of hydrogen-bond donors (Lipinski definition) is 0.